The molecule has 0 aliphatic rings. The van der Waals surface area contributed by atoms with E-state index in [1.807, 2.05) is 13.2 Å². The van der Waals surface area contributed by atoms with Gasteiger partial charge in [-0.3, -0.25) is 4.68 Å². The number of aromatic nitrogens is 2. The Hall–Kier alpha value is -1.86. The summed E-state index contributed by atoms with van der Waals surface area (Å²) in [7, 11) is -1.52. The van der Waals surface area contributed by atoms with Crippen molar-refractivity contribution in [1.82, 2.24) is 14.5 Å². The zero-order valence-corrected chi connectivity index (χ0v) is 12.3. The molecule has 0 aliphatic heterocycles. The highest BCUT2D eigenvalue weighted by Crippen LogP contribution is 2.14. The topological polar surface area (TPSA) is 76.0 Å². The van der Waals surface area contributed by atoms with Gasteiger partial charge in [0.1, 0.15) is 0 Å². The van der Waals surface area contributed by atoms with Crippen LogP contribution in [0, 0.1) is 0 Å². The van der Waals surface area contributed by atoms with Gasteiger partial charge in [0.2, 0.25) is 10.0 Å². The summed E-state index contributed by atoms with van der Waals surface area (Å²) in [5.41, 5.74) is 1.93. The number of aryl methyl sites for hydroxylation is 1. The van der Waals surface area contributed by atoms with E-state index >= 15 is 0 Å². The molecular formula is C13H18N4O2S. The average molecular weight is 294 g/mol. The van der Waals surface area contributed by atoms with Crippen molar-refractivity contribution in [2.75, 3.05) is 11.9 Å². The summed E-state index contributed by atoms with van der Waals surface area (Å²) in [6.45, 7) is 2.78. The van der Waals surface area contributed by atoms with Crippen molar-refractivity contribution in [3.8, 4) is 0 Å². The monoisotopic (exact) mass is 294 g/mol. The van der Waals surface area contributed by atoms with Crippen LogP contribution >= 0.6 is 0 Å². The molecule has 0 fully saturated rings. The maximum absolute atomic E-state index is 11.8. The molecular weight excluding hydrogens is 276 g/mol. The number of nitrogens with one attached hydrogen (secondary N) is 2. The van der Waals surface area contributed by atoms with E-state index < -0.39 is 10.0 Å². The molecule has 0 saturated carbocycles. The quantitative estimate of drug-likeness (QED) is 0.843. The lowest BCUT2D eigenvalue weighted by Crippen LogP contribution is -2.23. The van der Waals surface area contributed by atoms with Gasteiger partial charge in [0.15, 0.2) is 0 Å². The number of benzene rings is 1. The Morgan fingerprint density at radius 1 is 1.25 bits per heavy atom. The summed E-state index contributed by atoms with van der Waals surface area (Å²) in [4.78, 5) is 0.270. The summed E-state index contributed by atoms with van der Waals surface area (Å²) in [5.74, 6) is 0. The lowest BCUT2D eigenvalue weighted by atomic mass is 10.3. The molecule has 0 amide bonds. The molecule has 1 heterocycles. The van der Waals surface area contributed by atoms with Crippen LogP contribution in [0.4, 0.5) is 5.69 Å². The first-order valence-corrected chi connectivity index (χ1v) is 7.80. The fourth-order valence-corrected chi connectivity index (χ4v) is 2.83. The second kappa shape index (κ2) is 6.06. The fourth-order valence-electron chi connectivity index (χ4n) is 1.79. The van der Waals surface area contributed by atoms with Crippen LogP contribution in [0.1, 0.15) is 12.5 Å². The van der Waals surface area contributed by atoms with Gasteiger partial charge in [-0.05, 0) is 24.3 Å². The molecule has 7 heteroatoms. The van der Waals surface area contributed by atoms with E-state index in [4.69, 9.17) is 0 Å². The summed E-state index contributed by atoms with van der Waals surface area (Å²) < 4.78 is 27.8. The number of rotatable bonds is 6. The van der Waals surface area contributed by atoms with E-state index in [0.29, 0.717) is 13.1 Å². The zero-order valence-electron chi connectivity index (χ0n) is 11.5. The third-order valence-electron chi connectivity index (χ3n) is 2.75. The highest BCUT2D eigenvalue weighted by Gasteiger charge is 2.11. The van der Waals surface area contributed by atoms with Gasteiger partial charge in [0, 0.05) is 37.6 Å². The van der Waals surface area contributed by atoms with Gasteiger partial charge in [-0.25, -0.2) is 13.1 Å². The van der Waals surface area contributed by atoms with Crippen molar-refractivity contribution >= 4 is 15.7 Å². The van der Waals surface area contributed by atoms with Crippen LogP contribution in [0.3, 0.4) is 0 Å². The number of anilines is 1. The van der Waals surface area contributed by atoms with Gasteiger partial charge in [0.05, 0.1) is 11.1 Å². The van der Waals surface area contributed by atoms with Crippen molar-refractivity contribution in [2.45, 2.75) is 18.4 Å². The van der Waals surface area contributed by atoms with E-state index in [9.17, 15) is 8.42 Å². The van der Waals surface area contributed by atoms with Gasteiger partial charge in [-0.2, -0.15) is 5.10 Å². The minimum atomic E-state index is -3.38. The molecule has 0 atom stereocenters. The minimum Gasteiger partial charge on any atom is -0.381 e. The highest BCUT2D eigenvalue weighted by molar-refractivity contribution is 7.89. The first-order valence-electron chi connectivity index (χ1n) is 6.32. The van der Waals surface area contributed by atoms with Gasteiger partial charge < -0.3 is 5.32 Å². The van der Waals surface area contributed by atoms with Crippen molar-refractivity contribution in [1.29, 1.82) is 0 Å². The maximum atomic E-state index is 11.8. The summed E-state index contributed by atoms with van der Waals surface area (Å²) in [6.07, 6.45) is 3.72. The van der Waals surface area contributed by atoms with Gasteiger partial charge >= 0.3 is 0 Å². The van der Waals surface area contributed by atoms with Crippen molar-refractivity contribution in [3.63, 3.8) is 0 Å². The Labute approximate surface area is 118 Å². The minimum absolute atomic E-state index is 0.270. The average Bonchev–Trinajstić information content (AvgIpc) is 2.83. The van der Waals surface area contributed by atoms with Gasteiger partial charge in [0.25, 0.3) is 0 Å². The number of hydrogen-bond donors (Lipinski definition) is 2. The van der Waals surface area contributed by atoms with Crippen LogP contribution in [-0.2, 0) is 23.6 Å². The van der Waals surface area contributed by atoms with E-state index in [0.717, 1.165) is 11.3 Å². The molecule has 0 saturated heterocycles. The second-order valence-electron chi connectivity index (χ2n) is 4.40. The third-order valence-corrected chi connectivity index (χ3v) is 4.32. The molecule has 0 aliphatic carbocycles. The van der Waals surface area contributed by atoms with E-state index in [1.54, 1.807) is 42.1 Å². The predicted octanol–water partition coefficient (Wildman–Crippen LogP) is 1.33. The van der Waals surface area contributed by atoms with Gasteiger partial charge in [-0.1, -0.05) is 6.92 Å². The Balaban J connectivity index is 2.01. The van der Waals surface area contributed by atoms with E-state index in [1.165, 1.54) is 0 Å². The van der Waals surface area contributed by atoms with Crippen LogP contribution in [0.5, 0.6) is 0 Å². The standard InChI is InChI=1S/C13H18N4O2S/c1-3-16-20(18,19)13-6-4-12(5-7-13)14-8-11-9-15-17(2)10-11/h4-7,9-10,14,16H,3,8H2,1-2H3. The number of nitrogens with zero attached hydrogens (tertiary/aromatic N) is 2. The number of hydrogen-bond acceptors (Lipinski definition) is 4. The molecule has 1 aromatic carbocycles. The van der Waals surface area contributed by atoms with Crippen LogP contribution in [0.15, 0.2) is 41.6 Å². The first kappa shape index (κ1) is 14.5. The van der Waals surface area contributed by atoms with Crippen LogP contribution in [0.25, 0.3) is 0 Å². The molecule has 2 aromatic rings. The molecule has 0 radical (unpaired) electrons. The summed E-state index contributed by atoms with van der Waals surface area (Å²) >= 11 is 0. The molecule has 20 heavy (non-hydrogen) atoms. The van der Waals surface area contributed by atoms with E-state index in [2.05, 4.69) is 15.1 Å². The Kier molecular flexibility index (Phi) is 4.41. The maximum Gasteiger partial charge on any atom is 0.240 e. The Morgan fingerprint density at radius 3 is 2.50 bits per heavy atom. The molecule has 0 unspecified atom stereocenters. The molecule has 108 valence electrons. The van der Waals surface area contributed by atoms with Crippen molar-refractivity contribution in [2.24, 2.45) is 7.05 Å². The van der Waals surface area contributed by atoms with Crippen LogP contribution < -0.4 is 10.0 Å². The lowest BCUT2D eigenvalue weighted by molar-refractivity contribution is 0.584. The largest absolute Gasteiger partial charge is 0.381 e. The highest BCUT2D eigenvalue weighted by atomic mass is 32.2. The van der Waals surface area contributed by atoms with Crippen molar-refractivity contribution < 1.29 is 8.42 Å². The van der Waals surface area contributed by atoms with Crippen LogP contribution in [0.2, 0.25) is 0 Å². The van der Waals surface area contributed by atoms with Crippen LogP contribution in [-0.4, -0.2) is 24.7 Å². The smallest absolute Gasteiger partial charge is 0.240 e. The summed E-state index contributed by atoms with van der Waals surface area (Å²) in [6, 6.07) is 6.67. The molecule has 2 N–H and O–H groups in total. The summed E-state index contributed by atoms with van der Waals surface area (Å²) in [5, 5.41) is 7.30. The molecule has 6 nitrogen and oxygen atoms in total. The Morgan fingerprint density at radius 2 is 1.95 bits per heavy atom. The fraction of sp³-hybridized carbons (Fsp3) is 0.308. The van der Waals surface area contributed by atoms with E-state index in [-0.39, 0.29) is 4.90 Å². The lowest BCUT2D eigenvalue weighted by Gasteiger charge is -2.07. The van der Waals surface area contributed by atoms with Gasteiger partial charge in [-0.15, -0.1) is 0 Å². The Bertz CT molecular complexity index is 662. The SMILES string of the molecule is CCNS(=O)(=O)c1ccc(NCc2cnn(C)c2)cc1. The first-order chi connectivity index (χ1) is 9.51. The number of sulfonamides is 1. The normalized spacial score (nSPS) is 11.5. The molecule has 2 rings (SSSR count). The molecule has 0 bridgehead atoms. The molecule has 0 spiro atoms. The zero-order chi connectivity index (χ0) is 14.6. The third kappa shape index (κ3) is 3.58. The molecule has 1 aromatic heterocycles. The predicted molar refractivity (Wildman–Crippen MR) is 77.8 cm³/mol. The second-order valence-corrected chi connectivity index (χ2v) is 6.17. The van der Waals surface area contributed by atoms with Crippen molar-refractivity contribution in [3.05, 3.63) is 42.2 Å².